The monoisotopic (exact) mass is 300 g/mol. The zero-order valence-electron chi connectivity index (χ0n) is 11.1. The minimum atomic E-state index is -0.186. The molecule has 0 bridgehead atoms. The summed E-state index contributed by atoms with van der Waals surface area (Å²) in [6.07, 6.45) is 5.17. The van der Waals surface area contributed by atoms with Crippen LogP contribution in [0.25, 0.3) is 5.65 Å². The number of fused-ring (bicyclic) bond motifs is 1. The minimum Gasteiger partial charge on any atom is -0.395 e. The lowest BCUT2D eigenvalue weighted by molar-refractivity contribution is 0.305. The first kappa shape index (κ1) is 13.5. The summed E-state index contributed by atoms with van der Waals surface area (Å²) in [6, 6.07) is 1.93. The van der Waals surface area contributed by atoms with E-state index in [1.807, 2.05) is 11.4 Å². The highest BCUT2D eigenvalue weighted by atomic mass is 32.1. The average molecular weight is 300 g/mol. The molecule has 3 rings (SSSR count). The summed E-state index contributed by atoms with van der Waals surface area (Å²) in [7, 11) is 0. The van der Waals surface area contributed by atoms with Crippen LogP contribution in [0.4, 0.5) is 0 Å². The quantitative estimate of drug-likeness (QED) is 0.724. The molecule has 0 radical (unpaired) electrons. The lowest BCUT2D eigenvalue weighted by Crippen LogP contribution is -2.21. The number of hydrogen-bond donors (Lipinski definition) is 1. The first-order chi connectivity index (χ1) is 10.3. The molecule has 1 N–H and O–H groups in total. The molecule has 3 heterocycles. The smallest absolute Gasteiger partial charge is 0.350 e. The molecule has 21 heavy (non-hydrogen) atoms. The third-order valence-corrected chi connectivity index (χ3v) is 3.74. The number of aromatic nitrogens is 4. The van der Waals surface area contributed by atoms with Gasteiger partial charge in [0, 0.05) is 34.6 Å². The van der Waals surface area contributed by atoms with Gasteiger partial charge in [0.05, 0.1) is 19.3 Å². The van der Waals surface area contributed by atoms with Gasteiger partial charge in [0.25, 0.3) is 0 Å². The van der Waals surface area contributed by atoms with Crippen LogP contribution in [0.3, 0.4) is 0 Å². The summed E-state index contributed by atoms with van der Waals surface area (Å²) in [5, 5.41) is 14.9. The summed E-state index contributed by atoms with van der Waals surface area (Å²) < 4.78 is 2.87. The van der Waals surface area contributed by atoms with E-state index in [0.29, 0.717) is 18.6 Å². The van der Waals surface area contributed by atoms with Crippen LogP contribution in [-0.4, -0.2) is 30.9 Å². The van der Waals surface area contributed by atoms with Crippen molar-refractivity contribution in [3.8, 4) is 11.8 Å². The average Bonchev–Trinajstić information content (AvgIpc) is 3.06. The Kier molecular flexibility index (Phi) is 3.81. The summed E-state index contributed by atoms with van der Waals surface area (Å²) in [5.74, 6) is 5.84. The lowest BCUT2D eigenvalue weighted by atomic mass is 10.3. The molecule has 6 nitrogen and oxygen atoms in total. The third kappa shape index (κ3) is 2.86. The molecule has 0 saturated carbocycles. The van der Waals surface area contributed by atoms with Crippen LogP contribution in [0, 0.1) is 11.8 Å². The van der Waals surface area contributed by atoms with Crippen molar-refractivity contribution in [1.29, 1.82) is 0 Å². The normalized spacial score (nSPS) is 10.5. The molecular weight excluding hydrogens is 288 g/mol. The van der Waals surface area contributed by atoms with Gasteiger partial charge >= 0.3 is 5.69 Å². The van der Waals surface area contributed by atoms with Gasteiger partial charge in [-0.25, -0.2) is 13.9 Å². The molecule has 0 atom stereocenters. The Balaban J connectivity index is 1.84. The van der Waals surface area contributed by atoms with E-state index in [4.69, 9.17) is 5.11 Å². The Morgan fingerprint density at radius 3 is 3.14 bits per heavy atom. The third-order valence-electron chi connectivity index (χ3n) is 2.82. The van der Waals surface area contributed by atoms with Gasteiger partial charge in [-0.1, -0.05) is 11.8 Å². The minimum absolute atomic E-state index is 0.0642. The van der Waals surface area contributed by atoms with E-state index in [-0.39, 0.29) is 12.3 Å². The summed E-state index contributed by atoms with van der Waals surface area (Å²) in [5.41, 5.74) is 1.23. The maximum absolute atomic E-state index is 12.1. The van der Waals surface area contributed by atoms with E-state index < -0.39 is 0 Å². The van der Waals surface area contributed by atoms with Crippen LogP contribution in [0.15, 0.2) is 34.8 Å². The van der Waals surface area contributed by atoms with Gasteiger partial charge < -0.3 is 5.11 Å². The van der Waals surface area contributed by atoms with Crippen LogP contribution >= 0.6 is 11.3 Å². The standard InChI is InChI=1S/C14H12N4O2S/c19-6-2-1-3-11-7-12(21-10-11)9-18-14(20)17-5-4-15-8-13(17)16-18/h4-5,7-8,10,19H,2,6,9H2. The molecule has 0 saturated heterocycles. The van der Waals surface area contributed by atoms with Crippen molar-refractivity contribution in [2.45, 2.75) is 13.0 Å². The fraction of sp³-hybridized carbons (Fsp3) is 0.214. The van der Waals surface area contributed by atoms with Crippen LogP contribution in [-0.2, 0) is 6.54 Å². The Bertz CT molecular complexity index is 881. The summed E-state index contributed by atoms with van der Waals surface area (Å²) in [6.45, 7) is 0.474. The zero-order valence-corrected chi connectivity index (χ0v) is 11.9. The number of nitrogens with zero attached hydrogens (tertiary/aromatic N) is 4. The molecule has 0 aliphatic carbocycles. The van der Waals surface area contributed by atoms with E-state index in [0.717, 1.165) is 10.4 Å². The van der Waals surface area contributed by atoms with Crippen molar-refractivity contribution < 1.29 is 5.11 Å². The van der Waals surface area contributed by atoms with Crippen molar-refractivity contribution in [3.63, 3.8) is 0 Å². The Morgan fingerprint density at radius 1 is 1.43 bits per heavy atom. The first-order valence-electron chi connectivity index (χ1n) is 6.34. The molecule has 0 aromatic carbocycles. The Labute approximate surface area is 124 Å². The highest BCUT2D eigenvalue weighted by molar-refractivity contribution is 7.10. The lowest BCUT2D eigenvalue weighted by Gasteiger charge is -1.94. The van der Waals surface area contributed by atoms with Gasteiger partial charge in [0.2, 0.25) is 0 Å². The molecule has 106 valence electrons. The van der Waals surface area contributed by atoms with E-state index in [1.54, 1.807) is 18.6 Å². The van der Waals surface area contributed by atoms with E-state index in [9.17, 15) is 4.79 Å². The second kappa shape index (κ2) is 5.91. The fourth-order valence-corrected chi connectivity index (χ4v) is 2.68. The van der Waals surface area contributed by atoms with Gasteiger partial charge in [-0.15, -0.1) is 16.4 Å². The molecule has 0 aliphatic heterocycles. The fourth-order valence-electron chi connectivity index (χ4n) is 1.88. The predicted molar refractivity (Wildman–Crippen MR) is 79.2 cm³/mol. The maximum Gasteiger partial charge on any atom is 0.350 e. The van der Waals surface area contributed by atoms with E-state index in [2.05, 4.69) is 21.9 Å². The molecule has 0 aliphatic rings. The highest BCUT2D eigenvalue weighted by Crippen LogP contribution is 2.14. The molecule has 3 aromatic rings. The molecule has 0 unspecified atom stereocenters. The molecular formula is C14H12N4O2S. The molecule has 3 aromatic heterocycles. The largest absolute Gasteiger partial charge is 0.395 e. The van der Waals surface area contributed by atoms with Gasteiger partial charge in [0.1, 0.15) is 0 Å². The van der Waals surface area contributed by atoms with Crippen LogP contribution in [0.5, 0.6) is 0 Å². The maximum atomic E-state index is 12.1. The molecule has 7 heteroatoms. The van der Waals surface area contributed by atoms with Crippen molar-refractivity contribution in [3.05, 3.63) is 51.0 Å². The van der Waals surface area contributed by atoms with Crippen molar-refractivity contribution in [2.75, 3.05) is 6.61 Å². The van der Waals surface area contributed by atoms with Crippen LogP contribution < -0.4 is 5.69 Å². The topological polar surface area (TPSA) is 72.4 Å². The van der Waals surface area contributed by atoms with Gasteiger partial charge in [-0.3, -0.25) is 4.98 Å². The molecule has 0 fully saturated rings. The first-order valence-corrected chi connectivity index (χ1v) is 7.22. The SMILES string of the molecule is O=c1n(Cc2cc(C#CCCO)cs2)nc2cnccn12. The number of thiophene rings is 1. The molecule has 0 amide bonds. The number of aliphatic hydroxyl groups is 1. The van der Waals surface area contributed by atoms with E-state index >= 15 is 0 Å². The second-order valence-electron chi connectivity index (χ2n) is 4.32. The predicted octanol–water partition coefficient (Wildman–Crippen LogP) is 0.735. The second-order valence-corrected chi connectivity index (χ2v) is 5.32. The zero-order chi connectivity index (χ0) is 14.7. The van der Waals surface area contributed by atoms with Crippen molar-refractivity contribution in [2.24, 2.45) is 0 Å². The van der Waals surface area contributed by atoms with Crippen LogP contribution in [0.1, 0.15) is 16.9 Å². The summed E-state index contributed by atoms with van der Waals surface area (Å²) >= 11 is 1.53. The molecule has 0 spiro atoms. The number of aliphatic hydroxyl groups excluding tert-OH is 1. The Hall–Kier alpha value is -2.43. The van der Waals surface area contributed by atoms with Crippen LogP contribution in [0.2, 0.25) is 0 Å². The van der Waals surface area contributed by atoms with Crippen molar-refractivity contribution >= 4 is 17.0 Å². The van der Waals surface area contributed by atoms with Gasteiger partial charge in [-0.05, 0) is 6.07 Å². The van der Waals surface area contributed by atoms with Gasteiger partial charge in [0.15, 0.2) is 5.65 Å². The number of hydrogen-bond acceptors (Lipinski definition) is 5. The van der Waals surface area contributed by atoms with Crippen molar-refractivity contribution in [1.82, 2.24) is 19.2 Å². The number of rotatable bonds is 3. The highest BCUT2D eigenvalue weighted by Gasteiger charge is 2.08. The van der Waals surface area contributed by atoms with E-state index in [1.165, 1.54) is 20.4 Å². The summed E-state index contributed by atoms with van der Waals surface area (Å²) in [4.78, 5) is 17.1. The Morgan fingerprint density at radius 2 is 2.33 bits per heavy atom. The van der Waals surface area contributed by atoms with Gasteiger partial charge in [-0.2, -0.15) is 0 Å².